The van der Waals surface area contributed by atoms with Crippen molar-refractivity contribution in [2.75, 3.05) is 11.9 Å². The summed E-state index contributed by atoms with van der Waals surface area (Å²) in [6, 6.07) is 2.56. The number of anilines is 1. The molecule has 0 fully saturated rings. The molecule has 6 nitrogen and oxygen atoms in total. The molecular weight excluding hydrogens is 227 g/mol. The van der Waals surface area contributed by atoms with E-state index in [0.29, 0.717) is 0 Å². The number of hydrogen-bond donors (Lipinski definition) is 3. The highest BCUT2D eigenvalue weighted by Gasteiger charge is 2.09. The van der Waals surface area contributed by atoms with Crippen LogP contribution in [0.4, 0.5) is 15.0 Å². The molecule has 17 heavy (non-hydrogen) atoms. The van der Waals surface area contributed by atoms with Crippen molar-refractivity contribution < 1.29 is 13.9 Å². The summed E-state index contributed by atoms with van der Waals surface area (Å²) in [4.78, 5) is 14.5. The number of carbonyl (C=O) groups is 1. The number of nitrogen functional groups attached to an aromatic ring is 1. The Morgan fingerprint density at radius 2 is 2.41 bits per heavy atom. The van der Waals surface area contributed by atoms with Crippen molar-refractivity contribution in [1.29, 1.82) is 5.41 Å². The summed E-state index contributed by atoms with van der Waals surface area (Å²) >= 11 is 0. The molecule has 0 bridgehead atoms. The fraction of sp³-hybridized carbons (Fsp3) is 0.100. The first-order valence-corrected chi connectivity index (χ1v) is 4.60. The monoisotopic (exact) mass is 238 g/mol. The number of halogens is 1. The molecule has 0 unspecified atom stereocenters. The van der Waals surface area contributed by atoms with E-state index in [9.17, 15) is 9.18 Å². The second-order valence-corrected chi connectivity index (χ2v) is 2.96. The zero-order valence-electron chi connectivity index (χ0n) is 8.87. The number of amides is 1. The molecule has 1 aromatic heterocycles. The van der Waals surface area contributed by atoms with Gasteiger partial charge in [-0.2, -0.15) is 4.39 Å². The van der Waals surface area contributed by atoms with Gasteiger partial charge in [-0.1, -0.05) is 12.7 Å². The van der Waals surface area contributed by atoms with E-state index in [1.165, 1.54) is 18.2 Å². The van der Waals surface area contributed by atoms with Gasteiger partial charge in [-0.25, -0.2) is 9.78 Å². The lowest BCUT2D eigenvalue weighted by Gasteiger charge is -2.06. The van der Waals surface area contributed by atoms with Crippen molar-refractivity contribution in [3.63, 3.8) is 0 Å². The maximum Gasteiger partial charge on any atom is 0.413 e. The van der Waals surface area contributed by atoms with Crippen molar-refractivity contribution in [3.8, 4) is 0 Å². The molecule has 0 radical (unpaired) electrons. The van der Waals surface area contributed by atoms with Crippen LogP contribution in [0.3, 0.4) is 0 Å². The third-order valence-corrected chi connectivity index (χ3v) is 1.70. The minimum atomic E-state index is -0.931. The molecule has 0 aliphatic heterocycles. The predicted octanol–water partition coefficient (Wildman–Crippen LogP) is 1.24. The molecule has 4 N–H and O–H groups in total. The molecule has 7 heteroatoms. The topological polar surface area (TPSA) is 101 Å². The van der Waals surface area contributed by atoms with E-state index >= 15 is 0 Å². The van der Waals surface area contributed by atoms with Crippen LogP contribution in [0.2, 0.25) is 0 Å². The molecule has 0 atom stereocenters. The largest absolute Gasteiger partial charge is 0.445 e. The second kappa shape index (κ2) is 5.59. The van der Waals surface area contributed by atoms with Gasteiger partial charge >= 0.3 is 6.09 Å². The summed E-state index contributed by atoms with van der Waals surface area (Å²) in [5.74, 6) is -1.39. The van der Waals surface area contributed by atoms with Gasteiger partial charge in [-0.05, 0) is 12.1 Å². The number of carbonyl (C=O) groups excluding carboxylic acids is 1. The lowest BCUT2D eigenvalue weighted by Crippen LogP contribution is -2.17. The maximum absolute atomic E-state index is 13.3. The van der Waals surface area contributed by atoms with Gasteiger partial charge in [-0.3, -0.25) is 10.7 Å². The molecule has 0 saturated heterocycles. The third-order valence-electron chi connectivity index (χ3n) is 1.70. The zero-order valence-corrected chi connectivity index (χ0v) is 8.87. The van der Waals surface area contributed by atoms with Crippen LogP contribution in [0.5, 0.6) is 0 Å². The van der Waals surface area contributed by atoms with Crippen LogP contribution < -0.4 is 11.1 Å². The first kappa shape index (κ1) is 12.6. The van der Waals surface area contributed by atoms with Crippen molar-refractivity contribution >= 4 is 17.7 Å². The number of pyridine rings is 1. The van der Waals surface area contributed by atoms with Crippen LogP contribution in [0.15, 0.2) is 24.8 Å². The third kappa shape index (κ3) is 3.56. The summed E-state index contributed by atoms with van der Waals surface area (Å²) in [7, 11) is 0. The maximum atomic E-state index is 13.3. The number of nitrogens with two attached hydrogens (primary N) is 1. The Labute approximate surface area is 96.8 Å². The number of nitrogens with one attached hydrogen (secondary N) is 2. The highest BCUT2D eigenvalue weighted by atomic mass is 19.1. The lowest BCUT2D eigenvalue weighted by atomic mass is 10.2. The number of amidine groups is 1. The van der Waals surface area contributed by atoms with Crippen molar-refractivity contribution in [3.05, 3.63) is 36.3 Å². The van der Waals surface area contributed by atoms with Crippen LogP contribution in [0, 0.1) is 11.4 Å². The smallest absolute Gasteiger partial charge is 0.413 e. The number of ether oxygens (including phenoxy) is 1. The van der Waals surface area contributed by atoms with Gasteiger partial charge in [0.15, 0.2) is 0 Å². The van der Waals surface area contributed by atoms with Gasteiger partial charge in [0, 0.05) is 0 Å². The van der Waals surface area contributed by atoms with E-state index in [-0.39, 0.29) is 18.0 Å². The van der Waals surface area contributed by atoms with Gasteiger partial charge in [0.05, 0.1) is 5.56 Å². The molecule has 0 aliphatic carbocycles. The van der Waals surface area contributed by atoms with Gasteiger partial charge in [0.2, 0.25) is 5.95 Å². The quantitative estimate of drug-likeness (QED) is 0.318. The van der Waals surface area contributed by atoms with Crippen LogP contribution in [-0.4, -0.2) is 23.5 Å². The van der Waals surface area contributed by atoms with Crippen LogP contribution in [-0.2, 0) is 4.74 Å². The van der Waals surface area contributed by atoms with Crippen molar-refractivity contribution in [2.45, 2.75) is 0 Å². The number of hydrogen-bond acceptors (Lipinski definition) is 4. The van der Waals surface area contributed by atoms with E-state index in [0.717, 1.165) is 0 Å². The molecule has 0 spiro atoms. The van der Waals surface area contributed by atoms with Crippen molar-refractivity contribution in [2.24, 2.45) is 5.73 Å². The van der Waals surface area contributed by atoms with E-state index in [1.807, 2.05) is 0 Å². The van der Waals surface area contributed by atoms with Gasteiger partial charge in [0.25, 0.3) is 0 Å². The highest BCUT2D eigenvalue weighted by molar-refractivity contribution is 5.95. The number of aromatic nitrogens is 1. The Balaban J connectivity index is 2.74. The van der Waals surface area contributed by atoms with Crippen LogP contribution in [0.1, 0.15) is 5.56 Å². The summed E-state index contributed by atoms with van der Waals surface area (Å²) < 4.78 is 17.9. The molecule has 1 rings (SSSR count). The molecule has 1 amide bonds. The fourth-order valence-electron chi connectivity index (χ4n) is 0.980. The van der Waals surface area contributed by atoms with E-state index in [2.05, 4.69) is 21.6 Å². The van der Waals surface area contributed by atoms with Crippen LogP contribution >= 0.6 is 0 Å². The minimum absolute atomic E-state index is 0.0263. The van der Waals surface area contributed by atoms with Gasteiger partial charge < -0.3 is 10.5 Å². The molecule has 0 aromatic carbocycles. The van der Waals surface area contributed by atoms with Crippen LogP contribution in [0.25, 0.3) is 0 Å². The van der Waals surface area contributed by atoms with Gasteiger partial charge in [-0.15, -0.1) is 0 Å². The molecule has 0 saturated carbocycles. The van der Waals surface area contributed by atoms with Gasteiger partial charge in [0.1, 0.15) is 18.3 Å². The first-order chi connectivity index (χ1) is 8.04. The molecule has 0 aliphatic rings. The van der Waals surface area contributed by atoms with E-state index in [1.54, 1.807) is 0 Å². The number of nitrogens with zero attached hydrogens (tertiary/aromatic N) is 1. The first-order valence-electron chi connectivity index (χ1n) is 4.60. The molecule has 1 aromatic rings. The SMILES string of the molecule is C=CCOC(=O)Nc1ccc(C(=N)N)c(F)n1. The summed E-state index contributed by atoms with van der Waals surface area (Å²) in [5, 5.41) is 9.27. The highest BCUT2D eigenvalue weighted by Crippen LogP contribution is 2.09. The Hall–Kier alpha value is -2.44. The van der Waals surface area contributed by atoms with E-state index in [4.69, 9.17) is 11.1 Å². The standard InChI is InChI=1S/C10H11FN4O2/c1-2-5-17-10(16)15-7-4-3-6(9(12)13)8(11)14-7/h2-4H,1,5H2,(H3,12,13)(H,14,15,16). The number of rotatable bonds is 4. The summed E-state index contributed by atoms with van der Waals surface area (Å²) in [6.45, 7) is 3.41. The zero-order chi connectivity index (χ0) is 12.8. The molecular formula is C10H11FN4O2. The second-order valence-electron chi connectivity index (χ2n) is 2.96. The Kier molecular flexibility index (Phi) is 4.15. The molecule has 1 heterocycles. The minimum Gasteiger partial charge on any atom is -0.445 e. The summed E-state index contributed by atoms with van der Waals surface area (Å²) in [5.41, 5.74) is 4.98. The predicted molar refractivity (Wildman–Crippen MR) is 60.4 cm³/mol. The average Bonchev–Trinajstić information content (AvgIpc) is 2.26. The Bertz CT molecular complexity index is 462. The Morgan fingerprint density at radius 1 is 1.71 bits per heavy atom. The fourth-order valence-corrected chi connectivity index (χ4v) is 0.980. The summed E-state index contributed by atoms with van der Waals surface area (Å²) in [6.07, 6.45) is 0.624. The molecule has 90 valence electrons. The van der Waals surface area contributed by atoms with E-state index < -0.39 is 17.9 Å². The Morgan fingerprint density at radius 3 is 2.94 bits per heavy atom. The lowest BCUT2D eigenvalue weighted by molar-refractivity contribution is 0.174. The van der Waals surface area contributed by atoms with Crippen molar-refractivity contribution in [1.82, 2.24) is 4.98 Å². The average molecular weight is 238 g/mol. The normalized spacial score (nSPS) is 9.47.